The second-order valence-electron chi connectivity index (χ2n) is 29.0. The Morgan fingerprint density at radius 1 is 0.600 bits per heavy atom. The molecule has 3 unspecified atom stereocenters. The maximum Gasteiger partial charge on any atom is 0.305 e. The number of aromatic hydroxyl groups is 1. The number of likely N-dealkylation sites (tertiary alicyclic amines) is 1. The summed E-state index contributed by atoms with van der Waals surface area (Å²) >= 11 is 0.964. The summed E-state index contributed by atoms with van der Waals surface area (Å²) in [6.45, 7) is 9.98. The molecule has 0 saturated carbocycles. The first kappa shape index (κ1) is 89.7. The van der Waals surface area contributed by atoms with Crippen molar-refractivity contribution in [3.8, 4) is 5.75 Å². The highest BCUT2D eigenvalue weighted by atomic mass is 32.2. The largest absolute Gasteiger partial charge is 0.508 e. The lowest BCUT2D eigenvalue weighted by Gasteiger charge is -2.37. The predicted octanol–water partition coefficient (Wildman–Crippen LogP) is -3.64. The molecule has 36 heteroatoms. The minimum Gasteiger partial charge on any atom is -0.508 e. The Morgan fingerprint density at radius 3 is 1.81 bits per heavy atom. The number of rotatable bonds is 37. The number of carbonyl (C=O) groups is 14. The van der Waals surface area contributed by atoms with Gasteiger partial charge in [0.25, 0.3) is 0 Å². The molecule has 2 bridgehead atoms. The Hall–Kier alpha value is -9.20. The van der Waals surface area contributed by atoms with Gasteiger partial charge in [-0.15, -0.1) is 11.8 Å². The van der Waals surface area contributed by atoms with Gasteiger partial charge in [-0.3, -0.25) is 77.0 Å². The van der Waals surface area contributed by atoms with Crippen molar-refractivity contribution < 1.29 is 77.3 Å². The first-order valence-corrected chi connectivity index (χ1v) is 39.2. The van der Waals surface area contributed by atoms with E-state index in [1.54, 1.807) is 42.5 Å². The van der Waals surface area contributed by atoms with Crippen molar-refractivity contribution in [2.45, 2.75) is 176 Å². The third-order valence-corrected chi connectivity index (χ3v) is 20.7. The number of imide groups is 1. The van der Waals surface area contributed by atoms with Gasteiger partial charge in [-0.25, -0.2) is 0 Å². The van der Waals surface area contributed by atoms with Crippen LogP contribution in [-0.4, -0.2) is 255 Å². The van der Waals surface area contributed by atoms with Gasteiger partial charge in [0.15, 0.2) is 17.5 Å². The zero-order valence-electron chi connectivity index (χ0n) is 63.0. The van der Waals surface area contributed by atoms with E-state index in [1.807, 2.05) is 0 Å². The van der Waals surface area contributed by atoms with Gasteiger partial charge in [-0.1, -0.05) is 68.7 Å². The molecule has 2 aromatic rings. The smallest absolute Gasteiger partial charge is 0.305 e. The molecule has 0 aromatic heterocycles. The minimum absolute atomic E-state index is 0.00319. The molecule has 0 radical (unpaired) electrons. The zero-order valence-corrected chi connectivity index (χ0v) is 63.9. The molecule has 22 N–H and O–H groups in total. The van der Waals surface area contributed by atoms with E-state index in [9.17, 15) is 77.3 Å². The molecule has 11 amide bonds. The summed E-state index contributed by atoms with van der Waals surface area (Å²) in [5, 5.41) is 61.5. The van der Waals surface area contributed by atoms with E-state index < -0.39 is 131 Å². The number of hydrogen-bond donors (Lipinski definition) is 19. The predicted molar refractivity (Wildman–Crippen MR) is 411 cm³/mol. The number of benzene rings is 2. The summed E-state index contributed by atoms with van der Waals surface area (Å²) in [5.41, 5.74) is 17.3. The molecule has 5 aliphatic rings. The van der Waals surface area contributed by atoms with Gasteiger partial charge in [-0.05, 0) is 81.0 Å². The van der Waals surface area contributed by atoms with E-state index in [-0.39, 0.29) is 150 Å². The number of unbranched alkanes of at least 4 members (excludes halogenated alkanes) is 4. The first-order chi connectivity index (χ1) is 52.7. The number of guanidine groups is 1. The standard InChI is InChI=1S/C74H115N19O16S/c1-73-42-78-28-31-81-45-74(46-82-32-29-79-43-73,47-83-33-30-80-44-73)92-63(100)20-11-19-62(99)87-53(36-49-21-23-51(94)24-22-49)57(95)17-7-2-3-8-18-61(98)89-56(67(75)105)41-110-59-39-65(102)93(71(59)109)34-25-60(97)84-26-10-9-15-50-37-58(96)54(35-48-13-5-4-6-14-48)91-70(108)55(38-66(103)104)88-64(101)40-86-69(107)52(90-68(50)106)16-12-27-85-72(76)77/h4-6,13-14,21-24,50,52-56,59,78-83,94H,2-3,7-12,15-20,25-47H2,1H3,(H2,75,105)(H,84,97)(H,86,107)(H,87,99)(H,88,101)(H,89,98)(H,90,106)(H,91,108)(H,92,100)(H,103,104)(H4,76,77,85)/t50?,52-,53-,54+,55+,56?,59?,73?,74?/m0/s1. The molecular formula is C74H115N19O16S. The van der Waals surface area contributed by atoms with Gasteiger partial charge < -0.3 is 102 Å². The van der Waals surface area contributed by atoms with Crippen molar-refractivity contribution in [3.63, 3.8) is 0 Å². The van der Waals surface area contributed by atoms with Gasteiger partial charge in [-0.2, -0.15) is 0 Å². The van der Waals surface area contributed by atoms with Crippen LogP contribution in [0.4, 0.5) is 0 Å². The number of nitrogens with one attached hydrogen (secondary N) is 14. The minimum atomic E-state index is -1.64. The van der Waals surface area contributed by atoms with Gasteiger partial charge in [0, 0.05) is 160 Å². The Labute approximate surface area is 645 Å². The number of nitrogens with zero attached hydrogens (tertiary/aromatic N) is 2. The Balaban J connectivity index is 0.920. The second-order valence-corrected chi connectivity index (χ2v) is 30.3. The van der Waals surface area contributed by atoms with Crippen LogP contribution in [0.3, 0.4) is 0 Å². The number of hydrogen-bond acceptors (Lipinski definition) is 23. The number of thioether (sulfide) groups is 1. The van der Waals surface area contributed by atoms with E-state index in [0.29, 0.717) is 70.5 Å². The van der Waals surface area contributed by atoms with E-state index in [1.165, 1.54) is 12.1 Å². The maximum atomic E-state index is 14.3. The molecule has 7 rings (SSSR count). The van der Waals surface area contributed by atoms with Crippen molar-refractivity contribution in [2.75, 3.05) is 110 Å². The number of carbonyl (C=O) groups excluding carboxylic acids is 13. The summed E-state index contributed by atoms with van der Waals surface area (Å²) in [7, 11) is 0. The second kappa shape index (κ2) is 47.8. The lowest BCUT2D eigenvalue weighted by molar-refractivity contribution is -0.141. The van der Waals surface area contributed by atoms with Crippen LogP contribution >= 0.6 is 11.8 Å². The number of primary amides is 1. The maximum absolute atomic E-state index is 14.3. The number of aliphatic carboxylic acids is 1. The Morgan fingerprint density at radius 2 is 1.19 bits per heavy atom. The quantitative estimate of drug-likeness (QED) is 0.0134. The number of fused-ring (bicyclic) bond motifs is 15. The molecule has 5 heterocycles. The highest BCUT2D eigenvalue weighted by Crippen LogP contribution is 2.27. The highest BCUT2D eigenvalue weighted by molar-refractivity contribution is 8.00. The van der Waals surface area contributed by atoms with Crippen LogP contribution < -0.4 is 91.6 Å². The molecule has 5 fully saturated rings. The molecule has 5 saturated heterocycles. The number of aliphatic imine (C=N–C) groups is 1. The average molecular weight is 1560 g/mol. The summed E-state index contributed by atoms with van der Waals surface area (Å²) in [6.07, 6.45) is 1.49. The van der Waals surface area contributed by atoms with E-state index >= 15 is 0 Å². The summed E-state index contributed by atoms with van der Waals surface area (Å²) in [4.78, 5) is 192. The van der Waals surface area contributed by atoms with Crippen molar-refractivity contribution >= 4 is 100 Å². The molecular weight excluding hydrogens is 1440 g/mol. The van der Waals surface area contributed by atoms with Gasteiger partial charge in [0.05, 0.1) is 35.8 Å². The van der Waals surface area contributed by atoms with Crippen molar-refractivity contribution in [1.82, 2.24) is 79.3 Å². The molecule has 608 valence electrons. The molecule has 7 atom stereocenters. The fraction of sp³-hybridized carbons (Fsp3) is 0.635. The van der Waals surface area contributed by atoms with Crippen LogP contribution in [-0.2, 0) is 80.0 Å². The molecule has 0 aliphatic carbocycles. The lowest BCUT2D eigenvalue weighted by Crippen LogP contribution is -2.66. The van der Waals surface area contributed by atoms with Crippen LogP contribution in [0.15, 0.2) is 59.6 Å². The molecule has 5 aliphatic heterocycles. The third kappa shape index (κ3) is 33.6. The summed E-state index contributed by atoms with van der Waals surface area (Å²) in [5.74, 6) is -10.6. The number of nitrogens with two attached hydrogens (primary N) is 3. The SMILES string of the molecule is CC12CNCCNCC(NC(=O)CCCC(=O)N[C@@H](Cc3ccc(O)cc3)C(=O)CCCCCCC(=O)NC(CSC3CC(=O)N(CCC(=O)NCCCCC4CC(=O)[C@@H](Cc5ccccc5)NC(=O)[C@@H](CC(=O)O)NC(=O)CNC(=O)[C@H](CCCN=C(N)N)NC4=O)C3=O)C(N)=O)(CNCCNC1)CNCCNC2. The van der Waals surface area contributed by atoms with Gasteiger partial charge in [0.1, 0.15) is 23.9 Å². The van der Waals surface area contributed by atoms with Crippen LogP contribution in [0.2, 0.25) is 0 Å². The molecule has 110 heavy (non-hydrogen) atoms. The molecule has 0 spiro atoms. The normalized spacial score (nSPS) is 22.9. The summed E-state index contributed by atoms with van der Waals surface area (Å²) in [6, 6.07) is 8.69. The number of phenols is 1. The topological polar surface area (TPSA) is 542 Å². The Bertz CT molecular complexity index is 3400. The third-order valence-electron chi connectivity index (χ3n) is 19.4. The van der Waals surface area contributed by atoms with E-state index in [0.717, 1.165) is 61.5 Å². The van der Waals surface area contributed by atoms with Crippen LogP contribution in [0.5, 0.6) is 5.75 Å². The fourth-order valence-electron chi connectivity index (χ4n) is 13.2. The number of carboxylic acids is 1. The van der Waals surface area contributed by atoms with Crippen molar-refractivity contribution in [3.05, 3.63) is 65.7 Å². The van der Waals surface area contributed by atoms with Crippen LogP contribution in [0.25, 0.3) is 0 Å². The average Bonchev–Trinajstić information content (AvgIpc) is 1.76. The fourth-order valence-corrected chi connectivity index (χ4v) is 14.5. The number of amides is 11. The van der Waals surface area contributed by atoms with E-state index in [4.69, 9.17) is 17.2 Å². The van der Waals surface area contributed by atoms with E-state index in [2.05, 4.69) is 86.4 Å². The zero-order chi connectivity index (χ0) is 79.9. The number of carboxylic acid groups (broad SMARTS) is 1. The molecule has 35 nitrogen and oxygen atoms in total. The highest BCUT2D eigenvalue weighted by Gasteiger charge is 2.41. The number of ketones is 2. The summed E-state index contributed by atoms with van der Waals surface area (Å²) < 4.78 is 0. The first-order valence-electron chi connectivity index (χ1n) is 38.2. The van der Waals surface area contributed by atoms with Crippen LogP contribution in [0, 0.1) is 11.3 Å². The van der Waals surface area contributed by atoms with Gasteiger partial charge >= 0.3 is 5.97 Å². The van der Waals surface area contributed by atoms with Crippen molar-refractivity contribution in [1.29, 1.82) is 0 Å². The van der Waals surface area contributed by atoms with Crippen LogP contribution in [0.1, 0.15) is 134 Å². The lowest BCUT2D eigenvalue weighted by atomic mass is 9.90. The molecule has 2 aromatic carbocycles. The van der Waals surface area contributed by atoms with Crippen molar-refractivity contribution in [2.24, 2.45) is 33.5 Å². The Kier molecular flexibility index (Phi) is 39.0. The number of Topliss-reactive ketones (excluding diaryl/α,β-unsaturated/α-hetero) is 2. The monoisotopic (exact) mass is 1560 g/mol. The van der Waals surface area contributed by atoms with Gasteiger partial charge in [0.2, 0.25) is 65.0 Å². The number of phenolic OH excluding ortho intramolecular Hbond substituents is 1.